The zero-order valence-electron chi connectivity index (χ0n) is 19.0. The van der Waals surface area contributed by atoms with E-state index in [0.717, 1.165) is 24.0 Å². The number of ether oxygens (including phenoxy) is 1. The van der Waals surface area contributed by atoms with Crippen molar-refractivity contribution in [1.82, 2.24) is 10.0 Å². The number of amides is 1. The van der Waals surface area contributed by atoms with Gasteiger partial charge in [0, 0.05) is 18.8 Å². The van der Waals surface area contributed by atoms with Crippen molar-refractivity contribution in [3.63, 3.8) is 0 Å². The highest BCUT2D eigenvalue weighted by Gasteiger charge is 2.24. The third-order valence-electron chi connectivity index (χ3n) is 5.71. The summed E-state index contributed by atoms with van der Waals surface area (Å²) in [7, 11) is -3.64. The fourth-order valence-electron chi connectivity index (χ4n) is 3.94. The predicted octanol–water partition coefficient (Wildman–Crippen LogP) is 3.79. The summed E-state index contributed by atoms with van der Waals surface area (Å²) in [5, 5.41) is 5.83. The summed E-state index contributed by atoms with van der Waals surface area (Å²) in [5.41, 5.74) is 2.26. The normalized spacial score (nSPS) is 15.6. The number of sulfonamides is 1. The highest BCUT2D eigenvalue weighted by molar-refractivity contribution is 7.89. The number of rotatable bonds is 8. The molecule has 3 aromatic rings. The monoisotopic (exact) mass is 509 g/mol. The molecule has 1 fully saturated rings. The van der Waals surface area contributed by atoms with Crippen LogP contribution in [0, 0.1) is 0 Å². The van der Waals surface area contributed by atoms with Crippen LogP contribution >= 0.6 is 12.2 Å². The van der Waals surface area contributed by atoms with Gasteiger partial charge in [0.25, 0.3) is 0 Å². The van der Waals surface area contributed by atoms with Crippen molar-refractivity contribution in [3.8, 4) is 0 Å². The molecule has 182 valence electrons. The molecule has 7 nitrogen and oxygen atoms in total. The topological polar surface area (TPSA) is 96.5 Å². The van der Waals surface area contributed by atoms with Crippen LogP contribution in [-0.2, 0) is 19.6 Å². The molecule has 4 rings (SSSR count). The van der Waals surface area contributed by atoms with E-state index in [1.54, 1.807) is 12.1 Å². The van der Waals surface area contributed by atoms with Crippen LogP contribution in [0.1, 0.15) is 29.9 Å². The number of nitrogens with one attached hydrogen (secondary N) is 3. The van der Waals surface area contributed by atoms with Gasteiger partial charge in [-0.05, 0) is 60.5 Å². The number of benzene rings is 3. The Morgan fingerprint density at radius 3 is 2.09 bits per heavy atom. The van der Waals surface area contributed by atoms with E-state index in [-0.39, 0.29) is 28.6 Å². The van der Waals surface area contributed by atoms with Gasteiger partial charge >= 0.3 is 0 Å². The Morgan fingerprint density at radius 1 is 0.943 bits per heavy atom. The molecule has 1 aliphatic heterocycles. The molecule has 1 atom stereocenters. The van der Waals surface area contributed by atoms with Crippen molar-refractivity contribution in [2.75, 3.05) is 18.5 Å². The molecule has 35 heavy (non-hydrogen) atoms. The Balaban J connectivity index is 1.38. The van der Waals surface area contributed by atoms with Crippen molar-refractivity contribution < 1.29 is 17.9 Å². The Labute approximate surface area is 211 Å². The molecule has 0 saturated carbocycles. The van der Waals surface area contributed by atoms with Gasteiger partial charge in [-0.3, -0.25) is 4.79 Å². The number of thiocarbonyl (C=S) groups is 1. The van der Waals surface area contributed by atoms with E-state index in [4.69, 9.17) is 17.0 Å². The number of hydrogen-bond donors (Lipinski definition) is 3. The van der Waals surface area contributed by atoms with Crippen molar-refractivity contribution in [1.29, 1.82) is 0 Å². The minimum absolute atomic E-state index is 0.0812. The molecule has 0 aliphatic carbocycles. The lowest BCUT2D eigenvalue weighted by Crippen LogP contribution is -2.37. The second kappa shape index (κ2) is 11.5. The van der Waals surface area contributed by atoms with Crippen LogP contribution in [-0.4, -0.2) is 38.7 Å². The molecule has 1 aliphatic rings. The number of anilines is 1. The third kappa shape index (κ3) is 6.73. The molecular weight excluding hydrogens is 482 g/mol. The molecule has 3 N–H and O–H groups in total. The SMILES string of the molecule is O=C(NC(=S)Nc1ccc(S(=O)(=O)NCC2CCCO2)cc1)C(c1ccccc1)c1ccccc1. The van der Waals surface area contributed by atoms with E-state index >= 15 is 0 Å². The van der Waals surface area contributed by atoms with Crippen LogP contribution < -0.4 is 15.4 Å². The maximum absolute atomic E-state index is 13.2. The van der Waals surface area contributed by atoms with Crippen molar-refractivity contribution >= 4 is 38.9 Å². The summed E-state index contributed by atoms with van der Waals surface area (Å²) in [6.45, 7) is 0.920. The zero-order valence-corrected chi connectivity index (χ0v) is 20.6. The van der Waals surface area contributed by atoms with Crippen LogP contribution in [0.25, 0.3) is 0 Å². The Hall–Kier alpha value is -3.11. The van der Waals surface area contributed by atoms with Crippen LogP contribution in [0.4, 0.5) is 5.69 Å². The van der Waals surface area contributed by atoms with Gasteiger partial charge in [-0.1, -0.05) is 60.7 Å². The first-order valence-corrected chi connectivity index (χ1v) is 13.2. The van der Waals surface area contributed by atoms with Crippen molar-refractivity contribution in [2.45, 2.75) is 29.8 Å². The maximum Gasteiger partial charge on any atom is 0.240 e. The van der Waals surface area contributed by atoms with Gasteiger partial charge in [-0.2, -0.15) is 0 Å². The van der Waals surface area contributed by atoms with Crippen LogP contribution in [0.15, 0.2) is 89.8 Å². The highest BCUT2D eigenvalue weighted by Crippen LogP contribution is 2.25. The fourth-order valence-corrected chi connectivity index (χ4v) is 5.23. The Morgan fingerprint density at radius 2 is 1.54 bits per heavy atom. The van der Waals surface area contributed by atoms with E-state index in [1.807, 2.05) is 60.7 Å². The van der Waals surface area contributed by atoms with Crippen LogP contribution in [0.5, 0.6) is 0 Å². The van der Waals surface area contributed by atoms with Gasteiger partial charge in [0.2, 0.25) is 15.9 Å². The van der Waals surface area contributed by atoms with Gasteiger partial charge in [-0.25, -0.2) is 13.1 Å². The molecule has 0 spiro atoms. The summed E-state index contributed by atoms with van der Waals surface area (Å²) < 4.78 is 33.1. The minimum Gasteiger partial charge on any atom is -0.377 e. The lowest BCUT2D eigenvalue weighted by molar-refractivity contribution is -0.120. The average molecular weight is 510 g/mol. The minimum atomic E-state index is -3.64. The average Bonchev–Trinajstić information content (AvgIpc) is 3.39. The lowest BCUT2D eigenvalue weighted by atomic mass is 9.90. The van der Waals surface area contributed by atoms with E-state index < -0.39 is 15.9 Å². The molecular formula is C26H27N3O4S2. The molecule has 1 amide bonds. The molecule has 1 unspecified atom stereocenters. The Kier molecular flexibility index (Phi) is 8.25. The van der Waals surface area contributed by atoms with Gasteiger partial charge < -0.3 is 15.4 Å². The quantitative estimate of drug-likeness (QED) is 0.400. The van der Waals surface area contributed by atoms with E-state index in [1.165, 1.54) is 12.1 Å². The second-order valence-corrected chi connectivity index (χ2v) is 10.4. The molecule has 0 bridgehead atoms. The van der Waals surface area contributed by atoms with Crippen LogP contribution in [0.3, 0.4) is 0 Å². The highest BCUT2D eigenvalue weighted by atomic mass is 32.2. The first-order valence-electron chi connectivity index (χ1n) is 11.4. The molecule has 9 heteroatoms. The molecule has 0 aromatic heterocycles. The van der Waals surface area contributed by atoms with Gasteiger partial charge in [0.05, 0.1) is 16.9 Å². The second-order valence-electron chi connectivity index (χ2n) is 8.21. The summed E-state index contributed by atoms with van der Waals surface area (Å²) in [5.74, 6) is -0.794. The molecule has 1 saturated heterocycles. The standard InChI is InChI=1S/C26H27N3O4S2/c30-25(24(19-8-3-1-4-9-19)20-10-5-2-6-11-20)29-26(34)28-21-13-15-23(16-14-21)35(31,32)27-18-22-12-7-17-33-22/h1-6,8-11,13-16,22,24,27H,7,12,17-18H2,(H2,28,29,30,34). The third-order valence-corrected chi connectivity index (χ3v) is 7.36. The van der Waals surface area contributed by atoms with E-state index in [0.29, 0.717) is 12.3 Å². The molecule has 1 heterocycles. The van der Waals surface area contributed by atoms with Crippen molar-refractivity contribution in [2.24, 2.45) is 0 Å². The maximum atomic E-state index is 13.2. The summed E-state index contributed by atoms with van der Waals surface area (Å²) in [4.78, 5) is 13.3. The summed E-state index contributed by atoms with van der Waals surface area (Å²) >= 11 is 5.35. The van der Waals surface area contributed by atoms with E-state index in [2.05, 4.69) is 15.4 Å². The van der Waals surface area contributed by atoms with Gasteiger partial charge in [0.1, 0.15) is 0 Å². The Bertz CT molecular complexity index is 1210. The number of hydrogen-bond acceptors (Lipinski definition) is 5. The summed E-state index contributed by atoms with van der Waals surface area (Å²) in [6, 6.07) is 25.1. The fraction of sp³-hybridized carbons (Fsp3) is 0.231. The first kappa shape index (κ1) is 25.0. The largest absolute Gasteiger partial charge is 0.377 e. The van der Waals surface area contributed by atoms with Crippen molar-refractivity contribution in [3.05, 3.63) is 96.1 Å². The zero-order chi connectivity index (χ0) is 24.7. The predicted molar refractivity (Wildman–Crippen MR) is 140 cm³/mol. The summed E-state index contributed by atoms with van der Waals surface area (Å²) in [6.07, 6.45) is 1.72. The first-order chi connectivity index (χ1) is 16.9. The lowest BCUT2D eigenvalue weighted by Gasteiger charge is -2.19. The van der Waals surface area contributed by atoms with E-state index in [9.17, 15) is 13.2 Å². The number of carbonyl (C=O) groups is 1. The van der Waals surface area contributed by atoms with Gasteiger partial charge in [-0.15, -0.1) is 0 Å². The van der Waals surface area contributed by atoms with Crippen LogP contribution in [0.2, 0.25) is 0 Å². The smallest absolute Gasteiger partial charge is 0.240 e. The number of carbonyl (C=O) groups excluding carboxylic acids is 1. The molecule has 0 radical (unpaired) electrons. The molecule has 3 aromatic carbocycles. The van der Waals surface area contributed by atoms with Gasteiger partial charge in [0.15, 0.2) is 5.11 Å².